The number of imidazole rings is 1. The van der Waals surface area contributed by atoms with Gasteiger partial charge < -0.3 is 19.5 Å². The van der Waals surface area contributed by atoms with Crippen molar-refractivity contribution < 1.29 is 14.3 Å². The molecule has 1 aliphatic heterocycles. The molecule has 1 unspecified atom stereocenters. The summed E-state index contributed by atoms with van der Waals surface area (Å²) in [5, 5.41) is 3.07. The molecule has 0 bridgehead atoms. The van der Waals surface area contributed by atoms with E-state index in [9.17, 15) is 9.59 Å². The first-order chi connectivity index (χ1) is 15.0. The molecule has 4 rings (SSSR count). The normalized spacial score (nSPS) is 15.2. The van der Waals surface area contributed by atoms with Gasteiger partial charge >= 0.3 is 0 Å². The van der Waals surface area contributed by atoms with Crippen molar-refractivity contribution in [3.05, 3.63) is 63.8 Å². The SMILES string of the molecule is CCCC(NC(=O)c1ccc(Cl)s1)c1cn(-c2ccc(N3CCOCC3=O)cc2)cn1. The number of hydrogen-bond acceptors (Lipinski definition) is 5. The summed E-state index contributed by atoms with van der Waals surface area (Å²) >= 11 is 7.21. The molecule has 2 amide bonds. The summed E-state index contributed by atoms with van der Waals surface area (Å²) in [5.74, 6) is -0.182. The first kappa shape index (κ1) is 21.5. The minimum atomic E-state index is -0.190. The number of halogens is 1. The largest absolute Gasteiger partial charge is 0.370 e. The maximum Gasteiger partial charge on any atom is 0.261 e. The van der Waals surface area contributed by atoms with Crippen LogP contribution in [0.3, 0.4) is 0 Å². The third-order valence-corrected chi connectivity index (χ3v) is 6.31. The monoisotopic (exact) mass is 458 g/mol. The summed E-state index contributed by atoms with van der Waals surface area (Å²) in [6.45, 7) is 3.29. The Bertz CT molecular complexity index is 1060. The molecule has 1 atom stereocenters. The minimum absolute atomic E-state index is 0.0332. The van der Waals surface area contributed by atoms with Crippen LogP contribution < -0.4 is 10.2 Å². The first-order valence-electron chi connectivity index (χ1n) is 10.1. The maximum atomic E-state index is 12.6. The highest BCUT2D eigenvalue weighted by atomic mass is 35.5. The standard InChI is InChI=1S/C22H23ClN4O3S/c1-2-3-17(25-22(29)19-8-9-20(23)31-19)18-12-26(14-24-18)15-4-6-16(7-5-15)27-10-11-30-13-21(27)28/h4-9,12,14,17H,2-3,10-11,13H2,1H3,(H,25,29). The van der Waals surface area contributed by atoms with Crippen LogP contribution in [0.1, 0.15) is 41.2 Å². The van der Waals surface area contributed by atoms with E-state index in [1.54, 1.807) is 23.4 Å². The van der Waals surface area contributed by atoms with Gasteiger partial charge in [-0.3, -0.25) is 9.59 Å². The Morgan fingerprint density at radius 2 is 2.03 bits per heavy atom. The summed E-state index contributed by atoms with van der Waals surface area (Å²) < 4.78 is 7.69. The van der Waals surface area contributed by atoms with Gasteiger partial charge in [-0.2, -0.15) is 0 Å². The van der Waals surface area contributed by atoms with Crippen LogP contribution in [0.25, 0.3) is 5.69 Å². The molecule has 0 spiro atoms. The average molecular weight is 459 g/mol. The Morgan fingerprint density at radius 1 is 1.26 bits per heavy atom. The van der Waals surface area contributed by atoms with Crippen molar-refractivity contribution in [3.63, 3.8) is 0 Å². The predicted octanol–water partition coefficient (Wildman–Crippen LogP) is 4.22. The topological polar surface area (TPSA) is 76.5 Å². The third kappa shape index (κ3) is 4.98. The van der Waals surface area contributed by atoms with Crippen molar-refractivity contribution in [2.45, 2.75) is 25.8 Å². The second kappa shape index (κ2) is 9.64. The number of benzene rings is 1. The molecule has 31 heavy (non-hydrogen) atoms. The van der Waals surface area contributed by atoms with Crippen molar-refractivity contribution in [3.8, 4) is 5.69 Å². The van der Waals surface area contributed by atoms with Crippen LogP contribution in [-0.2, 0) is 9.53 Å². The number of amides is 2. The minimum Gasteiger partial charge on any atom is -0.370 e. The Balaban J connectivity index is 1.48. The summed E-state index contributed by atoms with van der Waals surface area (Å²) in [5.41, 5.74) is 2.57. The second-order valence-electron chi connectivity index (χ2n) is 7.24. The summed E-state index contributed by atoms with van der Waals surface area (Å²) in [6, 6.07) is 11.0. The number of carbonyl (C=O) groups excluding carboxylic acids is 2. The van der Waals surface area contributed by atoms with Gasteiger partial charge in [0.05, 0.1) is 33.9 Å². The van der Waals surface area contributed by atoms with Crippen molar-refractivity contribution in [2.24, 2.45) is 0 Å². The number of thiophene rings is 1. The van der Waals surface area contributed by atoms with Gasteiger partial charge in [-0.1, -0.05) is 24.9 Å². The van der Waals surface area contributed by atoms with Crippen LogP contribution in [0.2, 0.25) is 4.34 Å². The zero-order chi connectivity index (χ0) is 21.8. The van der Waals surface area contributed by atoms with Crippen molar-refractivity contribution in [1.82, 2.24) is 14.9 Å². The van der Waals surface area contributed by atoms with Crippen LogP contribution >= 0.6 is 22.9 Å². The van der Waals surface area contributed by atoms with E-state index in [1.807, 2.05) is 35.0 Å². The van der Waals surface area contributed by atoms with Gasteiger partial charge in [-0.05, 0) is 42.8 Å². The summed E-state index contributed by atoms with van der Waals surface area (Å²) in [7, 11) is 0. The average Bonchev–Trinajstić information content (AvgIpc) is 3.43. The zero-order valence-electron chi connectivity index (χ0n) is 17.1. The number of ether oxygens (including phenoxy) is 1. The van der Waals surface area contributed by atoms with Gasteiger partial charge in [0.15, 0.2) is 0 Å². The number of rotatable bonds is 7. The molecule has 3 aromatic rings. The highest BCUT2D eigenvalue weighted by Gasteiger charge is 2.21. The highest BCUT2D eigenvalue weighted by molar-refractivity contribution is 7.18. The highest BCUT2D eigenvalue weighted by Crippen LogP contribution is 2.25. The van der Waals surface area contributed by atoms with Gasteiger partial charge in [-0.15, -0.1) is 11.3 Å². The lowest BCUT2D eigenvalue weighted by Gasteiger charge is -2.26. The van der Waals surface area contributed by atoms with Gasteiger partial charge in [0.1, 0.15) is 6.61 Å². The molecule has 1 aliphatic rings. The van der Waals surface area contributed by atoms with Crippen LogP contribution in [0.5, 0.6) is 0 Å². The number of hydrogen-bond donors (Lipinski definition) is 1. The zero-order valence-corrected chi connectivity index (χ0v) is 18.7. The van der Waals surface area contributed by atoms with Crippen LogP contribution in [0.4, 0.5) is 5.69 Å². The molecular formula is C22H23ClN4O3S. The van der Waals surface area contributed by atoms with Gasteiger partial charge in [-0.25, -0.2) is 4.98 Å². The molecule has 0 saturated carbocycles. The molecule has 0 aliphatic carbocycles. The molecule has 1 fully saturated rings. The number of aromatic nitrogens is 2. The molecule has 0 radical (unpaired) electrons. The van der Waals surface area contributed by atoms with E-state index in [4.69, 9.17) is 16.3 Å². The Kier molecular flexibility index (Phi) is 6.70. The fraction of sp³-hybridized carbons (Fsp3) is 0.318. The fourth-order valence-electron chi connectivity index (χ4n) is 3.50. The fourth-order valence-corrected chi connectivity index (χ4v) is 4.45. The maximum absolute atomic E-state index is 12.6. The predicted molar refractivity (Wildman–Crippen MR) is 121 cm³/mol. The molecular weight excluding hydrogens is 436 g/mol. The Labute approximate surface area is 189 Å². The smallest absolute Gasteiger partial charge is 0.261 e. The number of morpholine rings is 1. The van der Waals surface area contributed by atoms with E-state index in [-0.39, 0.29) is 24.5 Å². The molecule has 1 aromatic carbocycles. The van der Waals surface area contributed by atoms with Crippen LogP contribution in [0, 0.1) is 0 Å². The molecule has 1 N–H and O–H groups in total. The molecule has 9 heteroatoms. The second-order valence-corrected chi connectivity index (χ2v) is 8.95. The Hall–Kier alpha value is -2.68. The van der Waals surface area contributed by atoms with E-state index in [0.29, 0.717) is 22.4 Å². The Morgan fingerprint density at radius 3 is 2.71 bits per heavy atom. The van der Waals surface area contributed by atoms with Crippen molar-refractivity contribution in [2.75, 3.05) is 24.7 Å². The number of carbonyl (C=O) groups is 2. The molecule has 162 valence electrons. The van der Waals surface area contributed by atoms with E-state index >= 15 is 0 Å². The van der Waals surface area contributed by atoms with Crippen LogP contribution in [0.15, 0.2) is 48.9 Å². The summed E-state index contributed by atoms with van der Waals surface area (Å²) in [6.07, 6.45) is 5.35. The van der Waals surface area contributed by atoms with Gasteiger partial charge in [0.25, 0.3) is 11.8 Å². The number of anilines is 1. The molecule has 3 heterocycles. The lowest BCUT2D eigenvalue weighted by molar-refractivity contribution is -0.125. The van der Waals surface area contributed by atoms with Gasteiger partial charge in [0.2, 0.25) is 0 Å². The van der Waals surface area contributed by atoms with Crippen molar-refractivity contribution >= 4 is 40.4 Å². The first-order valence-corrected chi connectivity index (χ1v) is 11.3. The summed E-state index contributed by atoms with van der Waals surface area (Å²) in [4.78, 5) is 31.4. The van der Waals surface area contributed by atoms with Crippen molar-refractivity contribution in [1.29, 1.82) is 0 Å². The third-order valence-electron chi connectivity index (χ3n) is 5.08. The molecule has 7 nitrogen and oxygen atoms in total. The lowest BCUT2D eigenvalue weighted by Crippen LogP contribution is -2.41. The van der Waals surface area contributed by atoms with E-state index in [1.165, 1.54) is 11.3 Å². The van der Waals surface area contributed by atoms with Crippen LogP contribution in [-0.4, -0.2) is 41.1 Å². The lowest BCUT2D eigenvalue weighted by atomic mass is 10.1. The quantitative estimate of drug-likeness (QED) is 0.575. The molecule has 2 aromatic heterocycles. The van der Waals surface area contributed by atoms with E-state index < -0.39 is 0 Å². The number of nitrogens with one attached hydrogen (secondary N) is 1. The number of nitrogens with zero attached hydrogens (tertiary/aromatic N) is 3. The molecule has 1 saturated heterocycles. The van der Waals surface area contributed by atoms with E-state index in [0.717, 1.165) is 29.9 Å². The van der Waals surface area contributed by atoms with E-state index in [2.05, 4.69) is 17.2 Å². The van der Waals surface area contributed by atoms with Gasteiger partial charge in [0, 0.05) is 24.1 Å².